The van der Waals surface area contributed by atoms with Gasteiger partial charge in [-0.15, -0.1) is 6.42 Å². The SMILES string of the molecule is C#Cc1cccc(Nc2ncnc3cc(OC)c(OCCCCCCCCCC(=O)Oc4cccc5c4C(=O)N(C4CCC(=O)NC4=O)C5=O)cc23)c1. The number of benzene rings is 3. The number of unbranched alkanes of at least 4 members (excludes halogenated alkanes) is 6. The summed E-state index contributed by atoms with van der Waals surface area (Å²) in [5.41, 5.74) is 2.30. The molecule has 272 valence electrons. The van der Waals surface area contributed by atoms with Gasteiger partial charge in [0.2, 0.25) is 11.8 Å². The minimum absolute atomic E-state index is 0.0130. The lowest BCUT2D eigenvalue weighted by Crippen LogP contribution is -2.54. The lowest BCUT2D eigenvalue weighted by atomic mass is 10.0. The van der Waals surface area contributed by atoms with Crippen LogP contribution in [0.1, 0.15) is 90.5 Å². The minimum Gasteiger partial charge on any atom is -0.493 e. The number of fused-ring (bicyclic) bond motifs is 2. The molecule has 1 atom stereocenters. The highest BCUT2D eigenvalue weighted by Gasteiger charge is 2.46. The van der Waals surface area contributed by atoms with Crippen molar-refractivity contribution in [2.45, 2.75) is 70.3 Å². The van der Waals surface area contributed by atoms with Gasteiger partial charge in [0.05, 0.1) is 30.4 Å². The van der Waals surface area contributed by atoms with Crippen LogP contribution in [0.2, 0.25) is 0 Å². The topological polar surface area (TPSA) is 166 Å². The van der Waals surface area contributed by atoms with Crippen molar-refractivity contribution < 1.29 is 38.2 Å². The van der Waals surface area contributed by atoms with Gasteiger partial charge < -0.3 is 19.5 Å². The summed E-state index contributed by atoms with van der Waals surface area (Å²) in [6.45, 7) is 0.511. The molecular formula is C40H39N5O8. The van der Waals surface area contributed by atoms with Crippen molar-refractivity contribution >= 4 is 52.0 Å². The summed E-state index contributed by atoms with van der Waals surface area (Å²) >= 11 is 0. The van der Waals surface area contributed by atoms with Gasteiger partial charge in [-0.1, -0.05) is 50.2 Å². The zero-order chi connectivity index (χ0) is 37.3. The molecule has 0 bridgehead atoms. The molecule has 2 N–H and O–H groups in total. The van der Waals surface area contributed by atoms with Gasteiger partial charge in [0.15, 0.2) is 11.5 Å². The highest BCUT2D eigenvalue weighted by atomic mass is 16.5. The van der Waals surface area contributed by atoms with E-state index < -0.39 is 35.6 Å². The maximum Gasteiger partial charge on any atom is 0.311 e. The molecule has 1 fully saturated rings. The first kappa shape index (κ1) is 36.5. The van der Waals surface area contributed by atoms with Crippen LogP contribution >= 0.6 is 0 Å². The lowest BCUT2D eigenvalue weighted by molar-refractivity contribution is -0.137. The number of ether oxygens (including phenoxy) is 3. The molecule has 1 saturated heterocycles. The average Bonchev–Trinajstić information content (AvgIpc) is 3.41. The molecule has 4 amide bonds. The van der Waals surface area contributed by atoms with Crippen LogP contribution in [0, 0.1) is 12.3 Å². The number of hydrogen-bond donors (Lipinski definition) is 2. The summed E-state index contributed by atoms with van der Waals surface area (Å²) in [4.78, 5) is 72.5. The van der Waals surface area contributed by atoms with Gasteiger partial charge in [0, 0.05) is 35.5 Å². The second kappa shape index (κ2) is 16.8. The Kier molecular flexibility index (Phi) is 11.6. The van der Waals surface area contributed by atoms with E-state index in [9.17, 15) is 24.0 Å². The van der Waals surface area contributed by atoms with E-state index in [1.165, 1.54) is 24.5 Å². The third kappa shape index (κ3) is 8.44. The van der Waals surface area contributed by atoms with Crippen LogP contribution in [-0.2, 0) is 14.4 Å². The van der Waals surface area contributed by atoms with E-state index in [0.717, 1.165) is 60.1 Å². The van der Waals surface area contributed by atoms with E-state index in [0.29, 0.717) is 35.9 Å². The van der Waals surface area contributed by atoms with E-state index in [4.69, 9.17) is 20.6 Å². The van der Waals surface area contributed by atoms with Crippen molar-refractivity contribution in [2.24, 2.45) is 0 Å². The van der Waals surface area contributed by atoms with Crippen molar-refractivity contribution in [3.05, 3.63) is 77.6 Å². The van der Waals surface area contributed by atoms with Crippen LogP contribution in [0.15, 0.2) is 60.9 Å². The highest BCUT2D eigenvalue weighted by molar-refractivity contribution is 6.24. The number of nitrogens with one attached hydrogen (secondary N) is 2. The molecule has 0 saturated carbocycles. The van der Waals surface area contributed by atoms with Crippen LogP contribution in [0.25, 0.3) is 10.9 Å². The van der Waals surface area contributed by atoms with Crippen LogP contribution in [-0.4, -0.2) is 64.2 Å². The van der Waals surface area contributed by atoms with E-state index in [-0.39, 0.29) is 36.1 Å². The third-order valence-electron chi connectivity index (χ3n) is 9.15. The van der Waals surface area contributed by atoms with E-state index in [1.54, 1.807) is 7.11 Å². The largest absolute Gasteiger partial charge is 0.493 e. The van der Waals surface area contributed by atoms with Crippen molar-refractivity contribution in [3.8, 4) is 29.6 Å². The quantitative estimate of drug-likeness (QED) is 0.0468. The molecule has 6 rings (SSSR count). The standard InChI is InChI=1S/C40H39N5O8/c1-3-25-13-11-14-26(21-25)43-37-28-22-33(32(51-2)23-29(28)41-24-42-37)52-20-10-8-6-4-5-7-9-17-35(47)53-31-16-12-15-27-36(31)40(50)45(39(27)49)30-18-19-34(46)44-38(30)48/h1,11-16,21-24,30H,4-10,17-20H2,2H3,(H,41,42,43)(H,44,46,48). The Morgan fingerprint density at radius 2 is 1.70 bits per heavy atom. The number of piperidine rings is 1. The first-order valence-corrected chi connectivity index (χ1v) is 17.6. The molecule has 53 heavy (non-hydrogen) atoms. The molecule has 3 heterocycles. The summed E-state index contributed by atoms with van der Waals surface area (Å²) in [5, 5.41) is 6.27. The molecule has 1 unspecified atom stereocenters. The molecule has 2 aliphatic rings. The number of methoxy groups -OCH3 is 1. The van der Waals surface area contributed by atoms with E-state index in [1.807, 2.05) is 36.4 Å². The number of imide groups is 2. The van der Waals surface area contributed by atoms with Gasteiger partial charge in [-0.2, -0.15) is 0 Å². The lowest BCUT2D eigenvalue weighted by Gasteiger charge is -2.27. The number of nitrogens with zero attached hydrogens (tertiary/aromatic N) is 3. The number of hydrogen-bond acceptors (Lipinski definition) is 11. The van der Waals surface area contributed by atoms with Crippen LogP contribution in [0.4, 0.5) is 11.5 Å². The normalized spacial score (nSPS) is 15.2. The molecule has 1 aromatic heterocycles. The number of carbonyl (C=O) groups excluding carboxylic acids is 5. The molecule has 4 aromatic rings. The number of aromatic nitrogens is 2. The van der Waals surface area contributed by atoms with Crippen molar-refractivity contribution in [3.63, 3.8) is 0 Å². The first-order chi connectivity index (χ1) is 25.8. The van der Waals surface area contributed by atoms with Gasteiger partial charge >= 0.3 is 5.97 Å². The molecule has 0 spiro atoms. The molecule has 0 radical (unpaired) electrons. The zero-order valence-corrected chi connectivity index (χ0v) is 29.3. The Bertz CT molecular complexity index is 2110. The Labute approximate surface area is 306 Å². The third-order valence-corrected chi connectivity index (χ3v) is 9.15. The number of carbonyl (C=O) groups is 5. The van der Waals surface area contributed by atoms with Crippen LogP contribution in [0.3, 0.4) is 0 Å². The monoisotopic (exact) mass is 717 g/mol. The molecule has 13 heteroatoms. The Hall–Kier alpha value is -6.29. The predicted molar refractivity (Wildman–Crippen MR) is 195 cm³/mol. The number of rotatable bonds is 16. The zero-order valence-electron chi connectivity index (χ0n) is 29.3. The van der Waals surface area contributed by atoms with Crippen molar-refractivity contribution in [2.75, 3.05) is 19.0 Å². The fourth-order valence-corrected chi connectivity index (χ4v) is 6.44. The smallest absolute Gasteiger partial charge is 0.311 e. The number of esters is 1. The van der Waals surface area contributed by atoms with E-state index in [2.05, 4.69) is 26.5 Å². The van der Waals surface area contributed by atoms with Gasteiger partial charge in [-0.25, -0.2) is 9.97 Å². The molecule has 2 aliphatic heterocycles. The molecule has 3 aromatic carbocycles. The second-order valence-corrected chi connectivity index (χ2v) is 12.8. The molecule has 0 aliphatic carbocycles. The molecule has 13 nitrogen and oxygen atoms in total. The van der Waals surface area contributed by atoms with Gasteiger partial charge in [0.25, 0.3) is 11.8 Å². The highest BCUT2D eigenvalue weighted by Crippen LogP contribution is 2.36. The van der Waals surface area contributed by atoms with Crippen LogP contribution in [0.5, 0.6) is 17.2 Å². The van der Waals surface area contributed by atoms with Crippen molar-refractivity contribution in [1.29, 1.82) is 0 Å². The minimum atomic E-state index is -1.10. The van der Waals surface area contributed by atoms with Gasteiger partial charge in [-0.3, -0.25) is 34.2 Å². The predicted octanol–water partition coefficient (Wildman–Crippen LogP) is 5.87. The summed E-state index contributed by atoms with van der Waals surface area (Å²) < 4.78 is 17.2. The summed E-state index contributed by atoms with van der Waals surface area (Å²) in [5.74, 6) is 1.40. The number of amides is 4. The first-order valence-electron chi connectivity index (χ1n) is 17.6. The second-order valence-electron chi connectivity index (χ2n) is 12.8. The Morgan fingerprint density at radius 1 is 0.925 bits per heavy atom. The van der Waals surface area contributed by atoms with Gasteiger partial charge in [0.1, 0.15) is 23.9 Å². The fourth-order valence-electron chi connectivity index (χ4n) is 6.44. The van der Waals surface area contributed by atoms with Gasteiger partial charge in [-0.05, 0) is 55.7 Å². The fraction of sp³-hybridized carbons (Fsp3) is 0.325. The van der Waals surface area contributed by atoms with Crippen molar-refractivity contribution in [1.82, 2.24) is 20.2 Å². The Morgan fingerprint density at radius 3 is 2.47 bits per heavy atom. The summed E-state index contributed by atoms with van der Waals surface area (Å²) in [6, 6.07) is 14.6. The summed E-state index contributed by atoms with van der Waals surface area (Å²) in [7, 11) is 1.59. The maximum atomic E-state index is 13.2. The maximum absolute atomic E-state index is 13.2. The summed E-state index contributed by atoms with van der Waals surface area (Å²) in [6.07, 6.45) is 13.5. The molecular weight excluding hydrogens is 678 g/mol. The van der Waals surface area contributed by atoms with E-state index >= 15 is 0 Å². The average molecular weight is 718 g/mol. The number of anilines is 2. The Balaban J connectivity index is 0.908. The van der Waals surface area contributed by atoms with Crippen LogP contribution < -0.4 is 24.8 Å². The number of terminal acetylenes is 1.